The Morgan fingerprint density at radius 1 is 0.971 bits per heavy atom. The lowest BCUT2D eigenvalue weighted by Gasteiger charge is -2.25. The van der Waals surface area contributed by atoms with Crippen LogP contribution in [0.25, 0.3) is 11.1 Å². The first-order valence-electron chi connectivity index (χ1n) is 12.1. The molecule has 1 aliphatic rings. The van der Waals surface area contributed by atoms with Crippen LogP contribution in [-0.4, -0.2) is 42.8 Å². The lowest BCUT2D eigenvalue weighted by Crippen LogP contribution is -2.39. The van der Waals surface area contributed by atoms with E-state index >= 15 is 0 Å². The van der Waals surface area contributed by atoms with E-state index in [4.69, 9.17) is 9.84 Å². The standard InChI is InChI=1S/C28H36N2O5/c1-18(2)19(13-25(31)30-17-28(3,4)14-26(32)33)15-29-27(34)35-16-24-22-11-7-5-9-20(22)21-10-6-8-12-23(21)24/h5-12,18-19,24H,13-17H2,1-4H3,(H,29,34)(H,30,31)(H,32,33). The molecule has 7 heteroatoms. The molecule has 2 amide bonds. The summed E-state index contributed by atoms with van der Waals surface area (Å²) < 4.78 is 5.60. The topological polar surface area (TPSA) is 105 Å². The van der Waals surface area contributed by atoms with E-state index < -0.39 is 17.5 Å². The van der Waals surface area contributed by atoms with E-state index in [2.05, 4.69) is 34.9 Å². The molecular weight excluding hydrogens is 444 g/mol. The van der Waals surface area contributed by atoms with Crippen molar-refractivity contribution < 1.29 is 24.2 Å². The largest absolute Gasteiger partial charge is 0.481 e. The van der Waals surface area contributed by atoms with E-state index in [1.54, 1.807) is 13.8 Å². The molecule has 2 aromatic carbocycles. The second-order valence-corrected chi connectivity index (χ2v) is 10.4. The van der Waals surface area contributed by atoms with Gasteiger partial charge >= 0.3 is 12.1 Å². The molecule has 1 atom stereocenters. The number of amides is 2. The summed E-state index contributed by atoms with van der Waals surface area (Å²) in [5, 5.41) is 14.7. The molecular formula is C28H36N2O5. The molecule has 35 heavy (non-hydrogen) atoms. The predicted molar refractivity (Wildman–Crippen MR) is 135 cm³/mol. The maximum Gasteiger partial charge on any atom is 0.407 e. The Bertz CT molecular complexity index is 1020. The smallest absolute Gasteiger partial charge is 0.407 e. The van der Waals surface area contributed by atoms with E-state index in [9.17, 15) is 14.4 Å². The molecule has 0 fully saturated rings. The normalized spacial score (nSPS) is 13.6. The Hall–Kier alpha value is -3.35. The summed E-state index contributed by atoms with van der Waals surface area (Å²) in [5.41, 5.74) is 4.13. The first kappa shape index (κ1) is 26.3. The number of nitrogens with one attached hydrogen (secondary N) is 2. The summed E-state index contributed by atoms with van der Waals surface area (Å²) in [4.78, 5) is 35.9. The van der Waals surface area contributed by atoms with Gasteiger partial charge in [-0.15, -0.1) is 0 Å². The predicted octanol–water partition coefficient (Wildman–Crippen LogP) is 4.80. The van der Waals surface area contributed by atoms with Crippen LogP contribution in [0.2, 0.25) is 0 Å². The highest BCUT2D eigenvalue weighted by Crippen LogP contribution is 2.44. The van der Waals surface area contributed by atoms with E-state index in [1.807, 2.05) is 38.1 Å². The Kier molecular flexibility index (Phi) is 8.54. The number of carboxylic acids is 1. The van der Waals surface area contributed by atoms with Crippen LogP contribution in [0.4, 0.5) is 4.79 Å². The van der Waals surface area contributed by atoms with Crippen molar-refractivity contribution in [3.8, 4) is 11.1 Å². The van der Waals surface area contributed by atoms with Crippen molar-refractivity contribution in [2.75, 3.05) is 19.7 Å². The minimum atomic E-state index is -0.892. The lowest BCUT2D eigenvalue weighted by atomic mass is 9.88. The van der Waals surface area contributed by atoms with Crippen molar-refractivity contribution in [2.45, 2.75) is 46.5 Å². The van der Waals surface area contributed by atoms with Crippen LogP contribution in [0.3, 0.4) is 0 Å². The molecule has 0 spiro atoms. The molecule has 3 N–H and O–H groups in total. The number of ether oxygens (including phenoxy) is 1. The van der Waals surface area contributed by atoms with Crippen molar-refractivity contribution in [3.63, 3.8) is 0 Å². The van der Waals surface area contributed by atoms with Gasteiger partial charge in [0.25, 0.3) is 0 Å². The van der Waals surface area contributed by atoms with Gasteiger partial charge < -0.3 is 20.5 Å². The van der Waals surface area contributed by atoms with Crippen molar-refractivity contribution in [2.24, 2.45) is 17.3 Å². The number of alkyl carbamates (subject to hydrolysis) is 1. The van der Waals surface area contributed by atoms with Gasteiger partial charge in [-0.25, -0.2) is 4.79 Å². The third-order valence-corrected chi connectivity index (χ3v) is 6.64. The van der Waals surface area contributed by atoms with Crippen molar-refractivity contribution in [1.82, 2.24) is 10.6 Å². The fourth-order valence-corrected chi connectivity index (χ4v) is 4.53. The average molecular weight is 481 g/mol. The third kappa shape index (κ3) is 7.07. The molecule has 7 nitrogen and oxygen atoms in total. The second-order valence-electron chi connectivity index (χ2n) is 10.4. The molecule has 0 saturated carbocycles. The molecule has 0 radical (unpaired) electrons. The molecule has 1 unspecified atom stereocenters. The second kappa shape index (κ2) is 11.4. The molecule has 0 saturated heterocycles. The van der Waals surface area contributed by atoms with Crippen LogP contribution in [-0.2, 0) is 14.3 Å². The van der Waals surface area contributed by atoms with E-state index in [-0.39, 0.29) is 49.7 Å². The number of rotatable bonds is 11. The van der Waals surface area contributed by atoms with Gasteiger partial charge in [0.2, 0.25) is 5.91 Å². The number of carbonyl (C=O) groups excluding carboxylic acids is 2. The van der Waals surface area contributed by atoms with Crippen LogP contribution in [0, 0.1) is 17.3 Å². The molecule has 1 aliphatic carbocycles. The quantitative estimate of drug-likeness (QED) is 0.428. The first-order valence-corrected chi connectivity index (χ1v) is 12.1. The molecule has 0 aliphatic heterocycles. The first-order chi connectivity index (χ1) is 16.6. The van der Waals surface area contributed by atoms with Gasteiger partial charge in [0.15, 0.2) is 0 Å². The molecule has 3 rings (SSSR count). The number of fused-ring (bicyclic) bond motifs is 3. The number of benzene rings is 2. The van der Waals surface area contributed by atoms with Crippen LogP contribution in [0.15, 0.2) is 48.5 Å². The molecule has 0 heterocycles. The number of hydrogen-bond acceptors (Lipinski definition) is 4. The summed E-state index contributed by atoms with van der Waals surface area (Å²) in [7, 11) is 0. The Morgan fingerprint density at radius 3 is 2.09 bits per heavy atom. The summed E-state index contributed by atoms with van der Waals surface area (Å²) in [5.74, 6) is -0.957. The highest BCUT2D eigenvalue weighted by Gasteiger charge is 2.29. The Balaban J connectivity index is 1.50. The Labute approximate surface area is 207 Å². The summed E-state index contributed by atoms with van der Waals surface area (Å²) in [6, 6.07) is 16.4. The van der Waals surface area contributed by atoms with Gasteiger partial charge in [0.05, 0.1) is 6.42 Å². The molecule has 2 aromatic rings. The van der Waals surface area contributed by atoms with Crippen LogP contribution in [0.5, 0.6) is 0 Å². The minimum absolute atomic E-state index is 0.00557. The summed E-state index contributed by atoms with van der Waals surface area (Å²) in [6.07, 6.45) is -0.283. The highest BCUT2D eigenvalue weighted by molar-refractivity contribution is 5.79. The lowest BCUT2D eigenvalue weighted by molar-refractivity contribution is -0.139. The number of aliphatic carboxylic acids is 1. The molecule has 188 valence electrons. The SMILES string of the molecule is CC(C)C(CNC(=O)OCC1c2ccccc2-c2ccccc21)CC(=O)NCC(C)(C)CC(=O)O. The fourth-order valence-electron chi connectivity index (χ4n) is 4.53. The maximum atomic E-state index is 12.5. The minimum Gasteiger partial charge on any atom is -0.481 e. The van der Waals surface area contributed by atoms with Gasteiger partial charge in [-0.1, -0.05) is 76.2 Å². The molecule has 0 bridgehead atoms. The number of carboxylic acid groups (broad SMARTS) is 1. The van der Waals surface area contributed by atoms with Gasteiger partial charge in [0, 0.05) is 25.4 Å². The van der Waals surface area contributed by atoms with E-state index in [1.165, 1.54) is 11.1 Å². The van der Waals surface area contributed by atoms with Crippen LogP contribution < -0.4 is 10.6 Å². The van der Waals surface area contributed by atoms with Crippen molar-refractivity contribution in [3.05, 3.63) is 59.7 Å². The van der Waals surface area contributed by atoms with Gasteiger partial charge in [-0.05, 0) is 39.5 Å². The average Bonchev–Trinajstić information content (AvgIpc) is 3.12. The zero-order chi connectivity index (χ0) is 25.6. The van der Waals surface area contributed by atoms with E-state index in [0.717, 1.165) is 11.1 Å². The van der Waals surface area contributed by atoms with Crippen molar-refractivity contribution in [1.29, 1.82) is 0 Å². The monoisotopic (exact) mass is 480 g/mol. The number of carbonyl (C=O) groups is 3. The van der Waals surface area contributed by atoms with Crippen LogP contribution in [0.1, 0.15) is 57.6 Å². The van der Waals surface area contributed by atoms with Gasteiger partial charge in [-0.2, -0.15) is 0 Å². The van der Waals surface area contributed by atoms with Gasteiger partial charge in [0.1, 0.15) is 6.61 Å². The fraction of sp³-hybridized carbons (Fsp3) is 0.464. The molecule has 0 aromatic heterocycles. The maximum absolute atomic E-state index is 12.5. The number of hydrogen-bond donors (Lipinski definition) is 3. The van der Waals surface area contributed by atoms with Gasteiger partial charge in [-0.3, -0.25) is 9.59 Å². The van der Waals surface area contributed by atoms with Crippen LogP contribution >= 0.6 is 0 Å². The summed E-state index contributed by atoms with van der Waals surface area (Å²) in [6.45, 7) is 8.46. The highest BCUT2D eigenvalue weighted by atomic mass is 16.5. The zero-order valence-corrected chi connectivity index (χ0v) is 21.0. The van der Waals surface area contributed by atoms with E-state index in [0.29, 0.717) is 6.54 Å². The van der Waals surface area contributed by atoms with Crippen molar-refractivity contribution >= 4 is 18.0 Å². The zero-order valence-electron chi connectivity index (χ0n) is 21.0. The Morgan fingerprint density at radius 2 is 1.54 bits per heavy atom. The summed E-state index contributed by atoms with van der Waals surface area (Å²) >= 11 is 0. The third-order valence-electron chi connectivity index (χ3n) is 6.64.